The zero-order valence-electron chi connectivity index (χ0n) is 33.2. The lowest BCUT2D eigenvalue weighted by atomic mass is 9.80. The first-order valence-corrected chi connectivity index (χ1v) is 18.2. The lowest BCUT2D eigenvalue weighted by Gasteiger charge is -2.26. The number of rotatable bonds is 7. The molecule has 0 aromatic heterocycles. The number of hydrogen-bond acceptors (Lipinski definition) is 4. The molecule has 0 saturated carbocycles. The third-order valence-corrected chi connectivity index (χ3v) is 10.1. The summed E-state index contributed by atoms with van der Waals surface area (Å²) in [6.07, 6.45) is 1.07. The molecule has 0 aliphatic rings. The van der Waals surface area contributed by atoms with Crippen molar-refractivity contribution in [3.8, 4) is 23.0 Å². The van der Waals surface area contributed by atoms with Gasteiger partial charge in [-0.05, 0) is 94.8 Å². The van der Waals surface area contributed by atoms with Crippen LogP contribution in [0.3, 0.4) is 0 Å². The smallest absolute Gasteiger partial charge is 0.122 e. The van der Waals surface area contributed by atoms with E-state index in [1.165, 1.54) is 0 Å². The average molecular weight is 679 g/mol. The van der Waals surface area contributed by atoms with Gasteiger partial charge in [0.05, 0.1) is 0 Å². The molecule has 0 spiro atoms. The number of benzene rings is 4. The monoisotopic (exact) mass is 678 g/mol. The summed E-state index contributed by atoms with van der Waals surface area (Å²) in [5.74, 6) is 1.00. The van der Waals surface area contributed by atoms with E-state index in [0.29, 0.717) is 19.3 Å². The third kappa shape index (κ3) is 8.68. The van der Waals surface area contributed by atoms with Crippen molar-refractivity contribution < 1.29 is 20.4 Å². The van der Waals surface area contributed by atoms with Crippen LogP contribution in [0.25, 0.3) is 0 Å². The van der Waals surface area contributed by atoms with E-state index in [0.717, 1.165) is 61.2 Å². The molecule has 4 aromatic carbocycles. The Morgan fingerprint density at radius 1 is 0.400 bits per heavy atom. The zero-order valence-corrected chi connectivity index (χ0v) is 33.2. The summed E-state index contributed by atoms with van der Waals surface area (Å²) in [5.41, 5.74) is 9.25. The molecule has 0 heterocycles. The lowest BCUT2D eigenvalue weighted by Crippen LogP contribution is -2.14. The summed E-state index contributed by atoms with van der Waals surface area (Å²) in [6, 6.07) is 18.2. The predicted octanol–water partition coefficient (Wildman–Crippen LogP) is 11.6. The van der Waals surface area contributed by atoms with Crippen molar-refractivity contribution in [1.29, 1.82) is 0 Å². The van der Waals surface area contributed by atoms with Crippen LogP contribution in [0, 0.1) is 0 Å². The molecule has 0 fully saturated rings. The minimum absolute atomic E-state index is 0.0859. The minimum Gasteiger partial charge on any atom is -0.508 e. The van der Waals surface area contributed by atoms with Crippen LogP contribution in [0.15, 0.2) is 54.6 Å². The van der Waals surface area contributed by atoms with Crippen LogP contribution >= 0.6 is 0 Å². The molecule has 50 heavy (non-hydrogen) atoms. The van der Waals surface area contributed by atoms with E-state index in [1.807, 2.05) is 12.1 Å². The first-order chi connectivity index (χ1) is 22.8. The second-order valence-corrected chi connectivity index (χ2v) is 18.9. The number of hydrogen-bond donors (Lipinski definition) is 4. The Kier molecular flexibility index (Phi) is 10.6. The van der Waals surface area contributed by atoms with Crippen molar-refractivity contribution in [3.05, 3.63) is 116 Å². The van der Waals surface area contributed by atoms with E-state index in [4.69, 9.17) is 0 Å². The molecule has 0 amide bonds. The Labute approximate surface area is 302 Å². The average Bonchev–Trinajstić information content (AvgIpc) is 2.96. The quantitative estimate of drug-likeness (QED) is 0.157. The SMILES string of the molecule is CC(C)c1cc(C(C)(C)C)cc(Cc2cc(C(C)(C)C)cc(Cc3cc(C(C)(C)C)cc(Cc4cc(C(C)(C)C)ccc4O)c3O)c2O)c1O. The highest BCUT2D eigenvalue weighted by molar-refractivity contribution is 5.56. The normalized spacial score (nSPS) is 12.9. The van der Waals surface area contributed by atoms with Gasteiger partial charge in [0.25, 0.3) is 0 Å². The van der Waals surface area contributed by atoms with E-state index >= 15 is 0 Å². The molecule has 0 bridgehead atoms. The maximum atomic E-state index is 12.0. The van der Waals surface area contributed by atoms with Gasteiger partial charge < -0.3 is 20.4 Å². The molecule has 4 aromatic rings. The fourth-order valence-corrected chi connectivity index (χ4v) is 6.46. The van der Waals surface area contributed by atoms with Gasteiger partial charge in [-0.2, -0.15) is 0 Å². The van der Waals surface area contributed by atoms with E-state index in [-0.39, 0.29) is 50.6 Å². The molecule has 4 rings (SSSR count). The van der Waals surface area contributed by atoms with Crippen LogP contribution in [-0.2, 0) is 40.9 Å². The highest BCUT2D eigenvalue weighted by Crippen LogP contribution is 2.41. The standard InChI is InChI=1S/C46H62O4/c1-27(2)38-26-37(46(12,13)14)25-33(42(38)50)19-32-24-36(45(9,10)11)23-31(41(32)49)18-30-22-35(44(6,7)8)21-29(40(30)48)17-28-20-34(43(3,4)5)15-16-39(28)47/h15-16,20-27,47-50H,17-19H2,1-14H3. The van der Waals surface area contributed by atoms with Gasteiger partial charge in [-0.25, -0.2) is 0 Å². The van der Waals surface area contributed by atoms with Crippen molar-refractivity contribution in [3.63, 3.8) is 0 Å². The maximum Gasteiger partial charge on any atom is 0.122 e. The third-order valence-electron chi connectivity index (χ3n) is 10.1. The Bertz CT molecular complexity index is 1870. The van der Waals surface area contributed by atoms with Crippen LogP contribution in [0.2, 0.25) is 0 Å². The molecule has 0 unspecified atom stereocenters. The first kappa shape index (κ1) is 38.9. The fourth-order valence-electron chi connectivity index (χ4n) is 6.46. The minimum atomic E-state index is -0.203. The van der Waals surface area contributed by atoms with Crippen LogP contribution in [0.5, 0.6) is 23.0 Å². The molecular formula is C46H62O4. The van der Waals surface area contributed by atoms with Crippen molar-refractivity contribution in [2.24, 2.45) is 0 Å². The first-order valence-electron chi connectivity index (χ1n) is 18.2. The van der Waals surface area contributed by atoms with Gasteiger partial charge in [-0.3, -0.25) is 0 Å². The summed E-state index contributed by atoms with van der Waals surface area (Å²) in [5, 5.41) is 46.2. The summed E-state index contributed by atoms with van der Waals surface area (Å²) < 4.78 is 0. The van der Waals surface area contributed by atoms with Crippen LogP contribution in [0.1, 0.15) is 164 Å². The summed E-state index contributed by atoms with van der Waals surface area (Å²) in [4.78, 5) is 0. The van der Waals surface area contributed by atoms with Gasteiger partial charge in [0.1, 0.15) is 23.0 Å². The molecule has 0 radical (unpaired) electrons. The molecule has 4 N–H and O–H groups in total. The Morgan fingerprint density at radius 2 is 0.700 bits per heavy atom. The van der Waals surface area contributed by atoms with E-state index < -0.39 is 0 Å². The highest BCUT2D eigenvalue weighted by Gasteiger charge is 2.26. The van der Waals surface area contributed by atoms with Gasteiger partial charge in [-0.15, -0.1) is 0 Å². The second-order valence-electron chi connectivity index (χ2n) is 18.9. The maximum absolute atomic E-state index is 12.0. The highest BCUT2D eigenvalue weighted by atomic mass is 16.3. The molecule has 0 saturated heterocycles. The molecule has 270 valence electrons. The van der Waals surface area contributed by atoms with E-state index in [2.05, 4.69) is 133 Å². The largest absolute Gasteiger partial charge is 0.508 e. The van der Waals surface area contributed by atoms with Crippen LogP contribution < -0.4 is 0 Å². The Morgan fingerprint density at radius 3 is 1.04 bits per heavy atom. The molecule has 4 heteroatoms. The lowest BCUT2D eigenvalue weighted by molar-refractivity contribution is 0.450. The van der Waals surface area contributed by atoms with Gasteiger partial charge in [0.2, 0.25) is 0 Å². The molecule has 0 atom stereocenters. The van der Waals surface area contributed by atoms with Gasteiger partial charge in [-0.1, -0.05) is 145 Å². The topological polar surface area (TPSA) is 80.9 Å². The van der Waals surface area contributed by atoms with Crippen molar-refractivity contribution >= 4 is 0 Å². The Balaban J connectivity index is 1.88. The zero-order chi connectivity index (χ0) is 37.7. The second kappa shape index (κ2) is 13.7. The van der Waals surface area contributed by atoms with E-state index in [1.54, 1.807) is 6.07 Å². The van der Waals surface area contributed by atoms with Crippen LogP contribution in [-0.4, -0.2) is 20.4 Å². The molecular weight excluding hydrogens is 617 g/mol. The predicted molar refractivity (Wildman–Crippen MR) is 210 cm³/mol. The molecule has 0 aliphatic carbocycles. The Hall–Kier alpha value is -3.92. The number of phenols is 4. The summed E-state index contributed by atoms with van der Waals surface area (Å²) >= 11 is 0. The molecule has 0 aliphatic heterocycles. The van der Waals surface area contributed by atoms with Crippen molar-refractivity contribution in [2.75, 3.05) is 0 Å². The van der Waals surface area contributed by atoms with Gasteiger partial charge in [0.15, 0.2) is 0 Å². The number of aromatic hydroxyl groups is 4. The number of phenolic OH excluding ortho intramolecular Hbond substituents is 4. The van der Waals surface area contributed by atoms with Gasteiger partial charge in [0, 0.05) is 19.3 Å². The molecule has 4 nitrogen and oxygen atoms in total. The fraction of sp³-hybridized carbons (Fsp3) is 0.478. The van der Waals surface area contributed by atoms with Crippen molar-refractivity contribution in [1.82, 2.24) is 0 Å². The van der Waals surface area contributed by atoms with E-state index in [9.17, 15) is 20.4 Å². The van der Waals surface area contributed by atoms with Crippen LogP contribution in [0.4, 0.5) is 0 Å². The summed E-state index contributed by atoms with van der Waals surface area (Å²) in [6.45, 7) is 30.1. The van der Waals surface area contributed by atoms with Crippen molar-refractivity contribution in [2.45, 2.75) is 144 Å². The summed E-state index contributed by atoms with van der Waals surface area (Å²) in [7, 11) is 0. The van der Waals surface area contributed by atoms with Gasteiger partial charge >= 0.3 is 0 Å².